The number of anilines is 1. The lowest BCUT2D eigenvalue weighted by Gasteiger charge is -2.27. The van der Waals surface area contributed by atoms with Crippen LogP contribution in [0.25, 0.3) is 0 Å². The Morgan fingerprint density at radius 3 is 2.42 bits per heavy atom. The van der Waals surface area contributed by atoms with Crippen molar-refractivity contribution in [3.8, 4) is 0 Å². The molecule has 1 heterocycles. The van der Waals surface area contributed by atoms with Crippen LogP contribution in [0.3, 0.4) is 0 Å². The van der Waals surface area contributed by atoms with E-state index >= 15 is 0 Å². The van der Waals surface area contributed by atoms with Crippen molar-refractivity contribution >= 4 is 16.5 Å². The summed E-state index contributed by atoms with van der Waals surface area (Å²) in [6, 6.07) is 0.278. The largest absolute Gasteiger partial charge is 0.391 e. The van der Waals surface area contributed by atoms with Crippen LogP contribution >= 0.6 is 11.3 Å². The molecule has 5 heteroatoms. The molecule has 110 valence electrons. The number of nitrogens with zero attached hydrogens (tertiary/aromatic N) is 2. The van der Waals surface area contributed by atoms with Crippen molar-refractivity contribution in [1.82, 2.24) is 4.98 Å². The summed E-state index contributed by atoms with van der Waals surface area (Å²) >= 11 is 1.58. The van der Waals surface area contributed by atoms with Crippen LogP contribution in [-0.2, 0) is 16.8 Å². The zero-order valence-electron chi connectivity index (χ0n) is 12.9. The average Bonchev–Trinajstić information content (AvgIpc) is 2.74. The molecule has 0 saturated carbocycles. The highest BCUT2D eigenvalue weighted by molar-refractivity contribution is 7.15. The molecule has 0 aliphatic heterocycles. The lowest BCUT2D eigenvalue weighted by atomic mass is 9.91. The number of rotatable bonds is 6. The van der Waals surface area contributed by atoms with Gasteiger partial charge in [0.1, 0.15) is 0 Å². The number of aromatic nitrogens is 1. The van der Waals surface area contributed by atoms with E-state index in [9.17, 15) is 5.11 Å². The Balaban J connectivity index is 3.09. The predicted molar refractivity (Wildman–Crippen MR) is 81.1 cm³/mol. The van der Waals surface area contributed by atoms with Crippen molar-refractivity contribution in [2.24, 2.45) is 0 Å². The van der Waals surface area contributed by atoms with E-state index in [0.29, 0.717) is 6.61 Å². The van der Waals surface area contributed by atoms with Crippen molar-refractivity contribution in [2.45, 2.75) is 52.7 Å². The topological polar surface area (TPSA) is 45.6 Å². The summed E-state index contributed by atoms with van der Waals surface area (Å²) in [5.41, 5.74) is 0.953. The highest BCUT2D eigenvalue weighted by atomic mass is 32.1. The molecule has 19 heavy (non-hydrogen) atoms. The number of hydrogen-bond acceptors (Lipinski definition) is 5. The summed E-state index contributed by atoms with van der Waals surface area (Å²) in [5.74, 6) is 0. The fourth-order valence-corrected chi connectivity index (χ4v) is 3.42. The van der Waals surface area contributed by atoms with Gasteiger partial charge in [-0.1, -0.05) is 32.1 Å². The molecule has 0 bridgehead atoms. The minimum absolute atomic E-state index is 0.0449. The molecule has 1 unspecified atom stereocenters. The third kappa shape index (κ3) is 3.91. The molecule has 0 aromatic carbocycles. The summed E-state index contributed by atoms with van der Waals surface area (Å²) < 4.78 is 5.22. The van der Waals surface area contributed by atoms with Crippen molar-refractivity contribution < 1.29 is 9.84 Å². The van der Waals surface area contributed by atoms with Crippen LogP contribution in [0, 0.1) is 0 Å². The van der Waals surface area contributed by atoms with Gasteiger partial charge in [0.25, 0.3) is 0 Å². The van der Waals surface area contributed by atoms with Gasteiger partial charge in [-0.2, -0.15) is 0 Å². The number of aliphatic hydroxyl groups excluding tert-OH is 1. The standard InChI is InChI=1S/C14H26N2O2S/c1-7-16(10(2)9-18-6)13-15-12(14(3,4)5)11(8-17)19-13/h10,17H,7-9H2,1-6H3. The van der Waals surface area contributed by atoms with Crippen molar-refractivity contribution in [3.05, 3.63) is 10.6 Å². The van der Waals surface area contributed by atoms with Crippen LogP contribution in [-0.4, -0.2) is 36.4 Å². The minimum atomic E-state index is -0.0449. The Hall–Kier alpha value is -0.650. The Labute approximate surface area is 120 Å². The normalized spacial score (nSPS) is 13.6. The number of ether oxygens (including phenoxy) is 1. The smallest absolute Gasteiger partial charge is 0.186 e. The van der Waals surface area contributed by atoms with Gasteiger partial charge in [-0.25, -0.2) is 4.98 Å². The number of hydrogen-bond donors (Lipinski definition) is 1. The second-order valence-corrected chi connectivity index (χ2v) is 6.83. The third-order valence-corrected chi connectivity index (χ3v) is 4.14. The number of aliphatic hydroxyl groups is 1. The monoisotopic (exact) mass is 286 g/mol. The van der Waals surface area contributed by atoms with Gasteiger partial charge in [0.2, 0.25) is 0 Å². The molecule has 4 nitrogen and oxygen atoms in total. The second-order valence-electron chi connectivity index (χ2n) is 5.77. The molecule has 0 radical (unpaired) electrons. The molecule has 0 spiro atoms. The maximum atomic E-state index is 9.52. The van der Waals surface area contributed by atoms with Gasteiger partial charge in [-0.05, 0) is 13.8 Å². The number of thiazole rings is 1. The van der Waals surface area contributed by atoms with E-state index in [1.165, 1.54) is 0 Å². The molecule has 0 aliphatic carbocycles. The van der Waals surface area contributed by atoms with Crippen LogP contribution in [0.2, 0.25) is 0 Å². The zero-order valence-corrected chi connectivity index (χ0v) is 13.7. The van der Waals surface area contributed by atoms with Crippen LogP contribution in [0.5, 0.6) is 0 Å². The predicted octanol–water partition coefficient (Wildman–Crippen LogP) is 2.79. The average molecular weight is 286 g/mol. The maximum absolute atomic E-state index is 9.52. The minimum Gasteiger partial charge on any atom is -0.391 e. The quantitative estimate of drug-likeness (QED) is 0.873. The van der Waals surface area contributed by atoms with Crippen LogP contribution in [0.4, 0.5) is 5.13 Å². The van der Waals surface area contributed by atoms with Gasteiger partial charge in [-0.3, -0.25) is 0 Å². The highest BCUT2D eigenvalue weighted by Crippen LogP contribution is 2.34. The maximum Gasteiger partial charge on any atom is 0.186 e. The molecule has 0 saturated heterocycles. The van der Waals surface area contributed by atoms with Crippen molar-refractivity contribution in [1.29, 1.82) is 0 Å². The summed E-state index contributed by atoms with van der Waals surface area (Å²) in [4.78, 5) is 7.94. The second kappa shape index (κ2) is 6.68. The molecule has 1 aromatic heterocycles. The zero-order chi connectivity index (χ0) is 14.6. The highest BCUT2D eigenvalue weighted by Gasteiger charge is 2.25. The molecule has 1 rings (SSSR count). The number of methoxy groups -OCH3 is 1. The Bertz CT molecular complexity index is 399. The molecule has 1 aromatic rings. The van der Waals surface area contributed by atoms with Crippen LogP contribution in [0.1, 0.15) is 45.2 Å². The Morgan fingerprint density at radius 2 is 2.05 bits per heavy atom. The molecular formula is C14H26N2O2S. The SMILES string of the molecule is CCN(c1nc(C(C)(C)C)c(CO)s1)C(C)COC. The van der Waals surface area contributed by atoms with Crippen molar-refractivity contribution in [3.63, 3.8) is 0 Å². The summed E-state index contributed by atoms with van der Waals surface area (Å²) in [7, 11) is 1.71. The molecule has 1 atom stereocenters. The fraction of sp³-hybridized carbons (Fsp3) is 0.786. The van der Waals surface area contributed by atoms with Gasteiger partial charge in [-0.15, -0.1) is 0 Å². The first-order valence-corrected chi connectivity index (χ1v) is 7.53. The van der Waals surface area contributed by atoms with E-state index < -0.39 is 0 Å². The van der Waals surface area contributed by atoms with E-state index in [1.54, 1.807) is 18.4 Å². The first-order valence-electron chi connectivity index (χ1n) is 6.71. The van der Waals surface area contributed by atoms with E-state index in [4.69, 9.17) is 9.72 Å². The first kappa shape index (κ1) is 16.4. The van der Waals surface area contributed by atoms with E-state index in [2.05, 4.69) is 39.5 Å². The van der Waals surface area contributed by atoms with Gasteiger partial charge < -0.3 is 14.7 Å². The molecular weight excluding hydrogens is 260 g/mol. The lowest BCUT2D eigenvalue weighted by molar-refractivity contribution is 0.182. The number of likely N-dealkylation sites (N-methyl/N-ethyl adjacent to an activating group) is 1. The summed E-state index contributed by atoms with van der Waals surface area (Å²) in [6.07, 6.45) is 0. The van der Waals surface area contributed by atoms with Crippen LogP contribution < -0.4 is 4.90 Å². The molecule has 1 N–H and O–H groups in total. The molecule has 0 fully saturated rings. The Morgan fingerprint density at radius 1 is 1.42 bits per heavy atom. The van der Waals surface area contributed by atoms with E-state index in [-0.39, 0.29) is 18.1 Å². The van der Waals surface area contributed by atoms with Crippen LogP contribution in [0.15, 0.2) is 0 Å². The molecule has 0 amide bonds. The van der Waals surface area contributed by atoms with Crippen molar-refractivity contribution in [2.75, 3.05) is 25.2 Å². The van der Waals surface area contributed by atoms with E-state index in [1.807, 2.05) is 0 Å². The van der Waals surface area contributed by atoms with Gasteiger partial charge >= 0.3 is 0 Å². The summed E-state index contributed by atoms with van der Waals surface area (Å²) in [6.45, 7) is 12.2. The molecule has 0 aliphatic rings. The van der Waals surface area contributed by atoms with E-state index in [0.717, 1.165) is 22.2 Å². The third-order valence-electron chi connectivity index (χ3n) is 3.07. The Kier molecular flexibility index (Phi) is 5.77. The van der Waals surface area contributed by atoms with Gasteiger partial charge in [0.05, 0.1) is 29.8 Å². The summed E-state index contributed by atoms with van der Waals surface area (Å²) in [5, 5.41) is 10.5. The fourth-order valence-electron chi connectivity index (χ4n) is 2.12. The lowest BCUT2D eigenvalue weighted by Crippen LogP contribution is -2.36. The van der Waals surface area contributed by atoms with Gasteiger partial charge in [0, 0.05) is 19.1 Å². The van der Waals surface area contributed by atoms with Gasteiger partial charge in [0.15, 0.2) is 5.13 Å². The first-order chi connectivity index (χ1) is 8.85.